The summed E-state index contributed by atoms with van der Waals surface area (Å²) < 4.78 is 0.728. The van der Waals surface area contributed by atoms with Gasteiger partial charge in [0.2, 0.25) is 0 Å². The molecule has 0 aliphatic carbocycles. The molecule has 0 saturated heterocycles. The summed E-state index contributed by atoms with van der Waals surface area (Å²) in [5, 5.41) is 10.2. The zero-order chi connectivity index (χ0) is 16.1. The van der Waals surface area contributed by atoms with Gasteiger partial charge in [-0.15, -0.1) is 0 Å². The summed E-state index contributed by atoms with van der Waals surface area (Å²) in [4.78, 5) is 14.7. The smallest absolute Gasteiger partial charge is 0.256 e. The van der Waals surface area contributed by atoms with E-state index in [9.17, 15) is 9.90 Å². The summed E-state index contributed by atoms with van der Waals surface area (Å²) >= 11 is 8.28. The molecule has 1 heterocycles. The molecule has 0 fully saturated rings. The molecule has 0 aromatic heterocycles. The Morgan fingerprint density at radius 3 is 2.55 bits per heavy atom. The van der Waals surface area contributed by atoms with E-state index >= 15 is 0 Å². The zero-order valence-electron chi connectivity index (χ0n) is 12.2. The van der Waals surface area contributed by atoms with E-state index in [-0.39, 0.29) is 16.7 Å². The lowest BCUT2D eigenvalue weighted by Crippen LogP contribution is -2.41. The number of phenolic OH excluding ortho intramolecular Hbond substituents is 1. The lowest BCUT2D eigenvalue weighted by Gasteiger charge is -2.36. The first-order chi connectivity index (χ1) is 10.3. The third-order valence-electron chi connectivity index (χ3n) is 4.22. The number of hydrogen-bond acceptors (Lipinski definition) is 2. The van der Waals surface area contributed by atoms with E-state index in [1.165, 1.54) is 0 Å². The van der Waals surface area contributed by atoms with Crippen LogP contribution in [0.2, 0.25) is 5.02 Å². The van der Waals surface area contributed by atoms with Crippen LogP contribution in [0.3, 0.4) is 0 Å². The van der Waals surface area contributed by atoms with Crippen molar-refractivity contribution in [2.24, 2.45) is 0 Å². The van der Waals surface area contributed by atoms with Crippen LogP contribution in [0.4, 0.5) is 0 Å². The Bertz CT molecular complexity index is 759. The van der Waals surface area contributed by atoms with Gasteiger partial charge in [-0.25, -0.2) is 0 Å². The van der Waals surface area contributed by atoms with Gasteiger partial charge in [-0.3, -0.25) is 4.79 Å². The van der Waals surface area contributed by atoms with Gasteiger partial charge in [0.25, 0.3) is 5.91 Å². The van der Waals surface area contributed by atoms with Gasteiger partial charge in [0.15, 0.2) is 0 Å². The molecule has 3 nitrogen and oxygen atoms in total. The molecule has 3 rings (SSSR count). The van der Waals surface area contributed by atoms with Crippen LogP contribution in [-0.4, -0.2) is 15.9 Å². The maximum atomic E-state index is 12.9. The number of hydrogen-bond donors (Lipinski definition) is 1. The maximum absolute atomic E-state index is 12.9. The Labute approximate surface area is 148 Å². The minimum Gasteiger partial charge on any atom is -0.506 e. The summed E-state index contributed by atoms with van der Waals surface area (Å²) in [5.41, 5.74) is 1.92. The topological polar surface area (TPSA) is 40.5 Å². The van der Waals surface area contributed by atoms with Crippen molar-refractivity contribution in [3.05, 3.63) is 61.7 Å². The molecule has 0 atom stereocenters. The summed E-state index contributed by atoms with van der Waals surface area (Å²) in [5.74, 6) is -0.0212. The number of rotatable bonds is 2. The van der Waals surface area contributed by atoms with Gasteiger partial charge in [-0.1, -0.05) is 41.9 Å². The second kappa shape index (κ2) is 5.42. The SMILES string of the molecule is CC(C)(c1ccccc1)N1Cc2c(Cl)c(O)cc(I)c2C1=O. The Hall–Kier alpha value is -1.27. The first kappa shape index (κ1) is 15.6. The average molecular weight is 428 g/mol. The van der Waals surface area contributed by atoms with Crippen LogP contribution in [-0.2, 0) is 12.1 Å². The van der Waals surface area contributed by atoms with Gasteiger partial charge >= 0.3 is 0 Å². The van der Waals surface area contributed by atoms with Crippen LogP contribution in [0, 0.1) is 3.57 Å². The largest absolute Gasteiger partial charge is 0.506 e. The van der Waals surface area contributed by atoms with Gasteiger partial charge in [0.05, 0.1) is 16.1 Å². The highest BCUT2D eigenvalue weighted by molar-refractivity contribution is 14.1. The quantitative estimate of drug-likeness (QED) is 0.715. The normalized spacial score (nSPS) is 14.4. The molecule has 1 N–H and O–H groups in total. The Morgan fingerprint density at radius 2 is 1.91 bits per heavy atom. The Kier molecular flexibility index (Phi) is 3.85. The van der Waals surface area contributed by atoms with E-state index in [0.717, 1.165) is 9.13 Å². The molecular weight excluding hydrogens is 413 g/mol. The molecule has 114 valence electrons. The highest BCUT2D eigenvalue weighted by Crippen LogP contribution is 2.42. The first-order valence-corrected chi connectivity index (χ1v) is 8.37. The number of carbonyl (C=O) groups excluding carboxylic acids is 1. The predicted molar refractivity (Wildman–Crippen MR) is 95.2 cm³/mol. The van der Waals surface area contributed by atoms with Crippen molar-refractivity contribution in [2.75, 3.05) is 0 Å². The number of benzene rings is 2. The number of halogens is 2. The number of amides is 1. The van der Waals surface area contributed by atoms with Crippen LogP contribution in [0.5, 0.6) is 5.75 Å². The average Bonchev–Trinajstić information content (AvgIpc) is 2.85. The second-order valence-corrected chi connectivity index (χ2v) is 7.40. The fourth-order valence-electron chi connectivity index (χ4n) is 2.86. The standard InChI is InChI=1S/C17H15ClINO2/c1-17(2,10-6-4-3-5-7-10)20-9-11-14(16(20)22)12(19)8-13(21)15(11)18/h3-8,21H,9H2,1-2H3. The molecular formula is C17H15ClINO2. The molecule has 0 bridgehead atoms. The molecule has 22 heavy (non-hydrogen) atoms. The summed E-state index contributed by atoms with van der Waals surface area (Å²) in [7, 11) is 0. The minimum atomic E-state index is -0.459. The fourth-order valence-corrected chi connectivity index (χ4v) is 3.92. The molecule has 2 aromatic carbocycles. The van der Waals surface area contributed by atoms with E-state index in [2.05, 4.69) is 22.6 Å². The van der Waals surface area contributed by atoms with Crippen molar-refractivity contribution in [3.63, 3.8) is 0 Å². The van der Waals surface area contributed by atoms with Gasteiger partial charge in [0, 0.05) is 15.7 Å². The second-order valence-electron chi connectivity index (χ2n) is 5.86. The van der Waals surface area contributed by atoms with Crippen LogP contribution < -0.4 is 0 Å². The van der Waals surface area contributed by atoms with Crippen molar-refractivity contribution >= 4 is 40.1 Å². The predicted octanol–water partition coefficient (Wildman–Crippen LogP) is 4.54. The maximum Gasteiger partial charge on any atom is 0.256 e. The van der Waals surface area contributed by atoms with E-state index in [1.807, 2.05) is 44.2 Å². The Balaban J connectivity index is 2.08. The molecule has 0 saturated carbocycles. The summed E-state index contributed by atoms with van der Waals surface area (Å²) in [6, 6.07) is 11.5. The lowest BCUT2D eigenvalue weighted by atomic mass is 9.92. The summed E-state index contributed by atoms with van der Waals surface area (Å²) in [6.45, 7) is 4.44. The number of aromatic hydroxyl groups is 1. The van der Waals surface area contributed by atoms with E-state index < -0.39 is 5.54 Å². The van der Waals surface area contributed by atoms with Gasteiger partial charge in [-0.2, -0.15) is 0 Å². The van der Waals surface area contributed by atoms with Crippen molar-refractivity contribution in [2.45, 2.75) is 25.9 Å². The first-order valence-electron chi connectivity index (χ1n) is 6.91. The van der Waals surface area contributed by atoms with Crippen molar-refractivity contribution in [3.8, 4) is 5.75 Å². The molecule has 1 aliphatic rings. The lowest BCUT2D eigenvalue weighted by molar-refractivity contribution is 0.0567. The van der Waals surface area contributed by atoms with Gasteiger partial charge in [0.1, 0.15) is 5.75 Å². The van der Waals surface area contributed by atoms with Crippen LogP contribution in [0.1, 0.15) is 35.3 Å². The van der Waals surface area contributed by atoms with E-state index in [0.29, 0.717) is 17.7 Å². The minimum absolute atomic E-state index is 0.0250. The molecule has 0 radical (unpaired) electrons. The van der Waals surface area contributed by atoms with Crippen LogP contribution in [0.15, 0.2) is 36.4 Å². The molecule has 0 spiro atoms. The number of carbonyl (C=O) groups is 1. The third-order valence-corrected chi connectivity index (χ3v) is 5.50. The molecule has 2 aromatic rings. The highest BCUT2D eigenvalue weighted by Gasteiger charge is 2.41. The molecule has 5 heteroatoms. The van der Waals surface area contributed by atoms with Gasteiger partial charge in [-0.05, 0) is 48.1 Å². The molecule has 1 aliphatic heterocycles. The number of phenols is 1. The third kappa shape index (κ3) is 2.29. The fraction of sp³-hybridized carbons (Fsp3) is 0.235. The molecule has 0 unspecified atom stereocenters. The van der Waals surface area contributed by atoms with Gasteiger partial charge < -0.3 is 10.0 Å². The van der Waals surface area contributed by atoms with Crippen molar-refractivity contribution in [1.29, 1.82) is 0 Å². The number of fused-ring (bicyclic) bond motifs is 1. The highest BCUT2D eigenvalue weighted by atomic mass is 127. The number of nitrogens with zero attached hydrogens (tertiary/aromatic N) is 1. The monoisotopic (exact) mass is 427 g/mol. The van der Waals surface area contributed by atoms with E-state index in [4.69, 9.17) is 11.6 Å². The zero-order valence-corrected chi connectivity index (χ0v) is 15.1. The van der Waals surface area contributed by atoms with Crippen molar-refractivity contribution in [1.82, 2.24) is 4.90 Å². The Morgan fingerprint density at radius 1 is 1.27 bits per heavy atom. The van der Waals surface area contributed by atoms with Crippen molar-refractivity contribution < 1.29 is 9.90 Å². The van der Waals surface area contributed by atoms with E-state index in [1.54, 1.807) is 11.0 Å². The molecule has 1 amide bonds. The van der Waals surface area contributed by atoms with Crippen LogP contribution in [0.25, 0.3) is 0 Å². The summed E-state index contributed by atoms with van der Waals surface area (Å²) in [6.07, 6.45) is 0. The van der Waals surface area contributed by atoms with Crippen LogP contribution >= 0.6 is 34.2 Å².